The van der Waals surface area contributed by atoms with Crippen LogP contribution in [0.25, 0.3) is 0 Å². The van der Waals surface area contributed by atoms with Crippen LogP contribution in [-0.4, -0.2) is 18.0 Å². The Hall–Kier alpha value is -1.20. The van der Waals surface area contributed by atoms with E-state index in [0.717, 1.165) is 31.7 Å². The van der Waals surface area contributed by atoms with Gasteiger partial charge >= 0.3 is 0 Å². The first kappa shape index (κ1) is 17.2. The summed E-state index contributed by atoms with van der Waals surface area (Å²) in [6.45, 7) is 0.445. The van der Waals surface area contributed by atoms with Crippen LogP contribution in [0, 0.1) is 17.6 Å². The summed E-state index contributed by atoms with van der Waals surface area (Å²) in [4.78, 5) is 12.3. The van der Waals surface area contributed by atoms with Crippen LogP contribution in [0.5, 0.6) is 0 Å². The number of carbonyl (C=O) groups excluding carboxylic acids is 1. The molecule has 2 unspecified atom stereocenters. The molecule has 22 heavy (non-hydrogen) atoms. The maximum Gasteiger partial charge on any atom is 0.224 e. The maximum absolute atomic E-state index is 13.7. The van der Waals surface area contributed by atoms with Crippen molar-refractivity contribution in [1.29, 1.82) is 0 Å². The van der Waals surface area contributed by atoms with E-state index in [4.69, 9.17) is 5.73 Å². The third-order valence-electron chi connectivity index (χ3n) is 4.83. The zero-order chi connectivity index (χ0) is 15.0. The molecule has 0 saturated heterocycles. The lowest BCUT2D eigenvalue weighted by atomic mass is 9.97. The van der Waals surface area contributed by atoms with Crippen molar-refractivity contribution in [2.45, 2.75) is 43.6 Å². The first-order valence-electron chi connectivity index (χ1n) is 7.52. The first-order valence-corrected chi connectivity index (χ1v) is 7.52. The van der Waals surface area contributed by atoms with E-state index in [1.165, 1.54) is 12.1 Å². The van der Waals surface area contributed by atoms with Crippen LogP contribution in [-0.2, 0) is 4.79 Å². The van der Waals surface area contributed by atoms with Crippen molar-refractivity contribution < 1.29 is 13.6 Å². The van der Waals surface area contributed by atoms with Gasteiger partial charge in [-0.1, -0.05) is 18.9 Å². The van der Waals surface area contributed by atoms with E-state index < -0.39 is 11.6 Å². The second-order valence-corrected chi connectivity index (χ2v) is 6.30. The van der Waals surface area contributed by atoms with Crippen LogP contribution in [0.2, 0.25) is 0 Å². The van der Waals surface area contributed by atoms with Crippen molar-refractivity contribution in [2.75, 3.05) is 6.54 Å². The van der Waals surface area contributed by atoms with Crippen LogP contribution in [0.4, 0.5) is 8.78 Å². The first-order chi connectivity index (χ1) is 10.0. The van der Waals surface area contributed by atoms with Crippen LogP contribution in [0.15, 0.2) is 18.2 Å². The van der Waals surface area contributed by atoms with Crippen LogP contribution < -0.4 is 11.1 Å². The number of nitrogens with one attached hydrogen (secondary N) is 1. The van der Waals surface area contributed by atoms with E-state index in [1.54, 1.807) is 0 Å². The molecule has 1 amide bonds. The summed E-state index contributed by atoms with van der Waals surface area (Å²) in [6.07, 6.45) is 4.61. The van der Waals surface area contributed by atoms with E-state index in [2.05, 4.69) is 5.32 Å². The van der Waals surface area contributed by atoms with Gasteiger partial charge in [0.2, 0.25) is 5.91 Å². The summed E-state index contributed by atoms with van der Waals surface area (Å²) >= 11 is 0. The fourth-order valence-corrected chi connectivity index (χ4v) is 3.42. The largest absolute Gasteiger partial charge is 0.349 e. The molecule has 0 bridgehead atoms. The summed E-state index contributed by atoms with van der Waals surface area (Å²) < 4.78 is 26.7. The molecule has 0 radical (unpaired) electrons. The quantitative estimate of drug-likeness (QED) is 0.892. The van der Waals surface area contributed by atoms with Gasteiger partial charge in [0.05, 0.1) is 5.54 Å². The predicted octanol–water partition coefficient (Wildman–Crippen LogP) is 2.88. The van der Waals surface area contributed by atoms with Crippen molar-refractivity contribution in [3.8, 4) is 0 Å². The zero-order valence-electron chi connectivity index (χ0n) is 12.3. The number of hydrogen-bond donors (Lipinski definition) is 2. The van der Waals surface area contributed by atoms with E-state index in [1.807, 2.05) is 0 Å². The molecule has 2 saturated carbocycles. The molecule has 3 N–H and O–H groups in total. The molecule has 2 atom stereocenters. The van der Waals surface area contributed by atoms with Gasteiger partial charge in [-0.3, -0.25) is 4.79 Å². The van der Waals surface area contributed by atoms with E-state index in [0.29, 0.717) is 18.5 Å². The fourth-order valence-electron chi connectivity index (χ4n) is 3.42. The van der Waals surface area contributed by atoms with Crippen molar-refractivity contribution in [2.24, 2.45) is 11.7 Å². The predicted molar refractivity (Wildman–Crippen MR) is 82.9 cm³/mol. The lowest BCUT2D eigenvalue weighted by Gasteiger charge is -2.28. The Morgan fingerprint density at radius 3 is 2.59 bits per heavy atom. The summed E-state index contributed by atoms with van der Waals surface area (Å²) in [5, 5.41) is 3.07. The van der Waals surface area contributed by atoms with Crippen molar-refractivity contribution in [3.63, 3.8) is 0 Å². The number of benzene rings is 1. The molecule has 1 aromatic carbocycles. The third-order valence-corrected chi connectivity index (χ3v) is 4.83. The molecule has 0 aliphatic heterocycles. The minimum atomic E-state index is -0.592. The third kappa shape index (κ3) is 3.25. The SMILES string of the molecule is Cl.NCC1(NC(=O)C2CC2c2ccc(F)cc2F)CCCC1. The molecule has 1 aromatic rings. The lowest BCUT2D eigenvalue weighted by Crippen LogP contribution is -2.52. The second kappa shape index (κ2) is 6.50. The molecule has 6 heteroatoms. The molecular formula is C16H21ClF2N2O. The van der Waals surface area contributed by atoms with Gasteiger partial charge in [-0.2, -0.15) is 0 Å². The fraction of sp³-hybridized carbons (Fsp3) is 0.562. The van der Waals surface area contributed by atoms with E-state index >= 15 is 0 Å². The van der Waals surface area contributed by atoms with Gasteiger partial charge in [-0.05, 0) is 36.8 Å². The molecule has 3 nitrogen and oxygen atoms in total. The highest BCUT2D eigenvalue weighted by Crippen LogP contribution is 2.49. The Morgan fingerprint density at radius 1 is 1.32 bits per heavy atom. The molecule has 0 spiro atoms. The van der Waals surface area contributed by atoms with E-state index in [9.17, 15) is 13.6 Å². The van der Waals surface area contributed by atoms with Gasteiger partial charge in [0.25, 0.3) is 0 Å². The number of nitrogens with two attached hydrogens (primary N) is 1. The van der Waals surface area contributed by atoms with Crippen molar-refractivity contribution in [3.05, 3.63) is 35.4 Å². The van der Waals surface area contributed by atoms with E-state index in [-0.39, 0.29) is 35.7 Å². The minimum absolute atomic E-state index is 0. The van der Waals surface area contributed by atoms with Crippen LogP contribution in [0.3, 0.4) is 0 Å². The Kier molecular flexibility index (Phi) is 5.07. The Balaban J connectivity index is 0.00000176. The average molecular weight is 331 g/mol. The highest BCUT2D eigenvalue weighted by molar-refractivity contribution is 5.85. The summed E-state index contributed by atoms with van der Waals surface area (Å²) in [5.41, 5.74) is 5.97. The topological polar surface area (TPSA) is 55.1 Å². The highest BCUT2D eigenvalue weighted by atomic mass is 35.5. The standard InChI is InChI=1S/C16H20F2N2O.ClH/c17-10-3-4-11(14(18)7-10)12-8-13(12)15(21)20-16(9-19)5-1-2-6-16;/h3-4,7,12-13H,1-2,5-6,8-9,19H2,(H,20,21);1H. The molecule has 0 heterocycles. The number of rotatable bonds is 4. The van der Waals surface area contributed by atoms with Gasteiger partial charge in [0, 0.05) is 18.5 Å². The monoisotopic (exact) mass is 330 g/mol. The zero-order valence-corrected chi connectivity index (χ0v) is 13.1. The van der Waals surface area contributed by atoms with Crippen LogP contribution >= 0.6 is 12.4 Å². The average Bonchev–Trinajstić information content (AvgIpc) is 3.11. The minimum Gasteiger partial charge on any atom is -0.349 e. The van der Waals surface area contributed by atoms with Gasteiger partial charge in [0.1, 0.15) is 11.6 Å². The molecule has 3 rings (SSSR count). The van der Waals surface area contributed by atoms with Gasteiger partial charge < -0.3 is 11.1 Å². The lowest BCUT2D eigenvalue weighted by molar-refractivity contribution is -0.124. The molecule has 2 fully saturated rings. The molecule has 122 valence electrons. The van der Waals surface area contributed by atoms with Crippen molar-refractivity contribution >= 4 is 18.3 Å². The highest BCUT2D eigenvalue weighted by Gasteiger charge is 2.47. The molecule has 0 aromatic heterocycles. The number of halogens is 3. The van der Waals surface area contributed by atoms with Gasteiger partial charge in [0.15, 0.2) is 0 Å². The summed E-state index contributed by atoms with van der Waals surface area (Å²) in [7, 11) is 0. The summed E-state index contributed by atoms with van der Waals surface area (Å²) in [5.74, 6) is -1.55. The molecule has 2 aliphatic rings. The smallest absolute Gasteiger partial charge is 0.224 e. The number of hydrogen-bond acceptors (Lipinski definition) is 2. The maximum atomic E-state index is 13.7. The van der Waals surface area contributed by atoms with Gasteiger partial charge in [-0.25, -0.2) is 8.78 Å². The number of carbonyl (C=O) groups is 1. The molecule has 2 aliphatic carbocycles. The normalized spacial score (nSPS) is 25.4. The van der Waals surface area contributed by atoms with Gasteiger partial charge in [-0.15, -0.1) is 12.4 Å². The number of amides is 1. The Bertz CT molecular complexity index is 561. The Labute approximate surface area is 135 Å². The second-order valence-electron chi connectivity index (χ2n) is 6.30. The molecular weight excluding hydrogens is 310 g/mol. The van der Waals surface area contributed by atoms with Crippen LogP contribution in [0.1, 0.15) is 43.6 Å². The Morgan fingerprint density at radius 2 is 2.00 bits per heavy atom. The van der Waals surface area contributed by atoms with Crippen molar-refractivity contribution in [1.82, 2.24) is 5.32 Å². The summed E-state index contributed by atoms with van der Waals surface area (Å²) in [6, 6.07) is 3.56.